The van der Waals surface area contributed by atoms with Gasteiger partial charge in [0, 0.05) is 12.7 Å². The highest BCUT2D eigenvalue weighted by atomic mass is 32.2. The van der Waals surface area contributed by atoms with Crippen molar-refractivity contribution in [1.82, 2.24) is 9.97 Å². The van der Waals surface area contributed by atoms with Crippen molar-refractivity contribution in [2.24, 2.45) is 0 Å². The lowest BCUT2D eigenvalue weighted by Crippen LogP contribution is -2.29. The van der Waals surface area contributed by atoms with Crippen LogP contribution in [0.5, 0.6) is 5.75 Å². The van der Waals surface area contributed by atoms with Crippen molar-refractivity contribution in [2.45, 2.75) is 11.3 Å². The molecule has 3 rings (SSSR count). The van der Waals surface area contributed by atoms with Gasteiger partial charge in [-0.25, -0.2) is 8.42 Å². The van der Waals surface area contributed by atoms with Gasteiger partial charge in [0.15, 0.2) is 0 Å². The Morgan fingerprint density at radius 1 is 0.966 bits per heavy atom. The number of ether oxygens (including phenoxy) is 1. The summed E-state index contributed by atoms with van der Waals surface area (Å²) in [4.78, 5) is 27.3. The second kappa shape index (κ2) is 7.16. The number of H-pyrrole nitrogens is 2. The summed E-state index contributed by atoms with van der Waals surface area (Å²) in [7, 11) is -2.76. The van der Waals surface area contributed by atoms with Gasteiger partial charge >= 0.3 is 17.5 Å². The van der Waals surface area contributed by atoms with E-state index in [1.54, 1.807) is 0 Å². The van der Waals surface area contributed by atoms with Gasteiger partial charge < -0.3 is 20.0 Å². The fraction of sp³-hybridized carbons (Fsp3) is 0.125. The quantitative estimate of drug-likeness (QED) is 0.458. The molecule has 1 heterocycles. The van der Waals surface area contributed by atoms with E-state index in [0.29, 0.717) is 0 Å². The van der Waals surface area contributed by atoms with E-state index >= 15 is 0 Å². The lowest BCUT2D eigenvalue weighted by molar-refractivity contribution is -0.274. The molecule has 0 aliphatic heterocycles. The monoisotopic (exact) mass is 430 g/mol. The van der Waals surface area contributed by atoms with Crippen LogP contribution in [0.4, 0.5) is 24.5 Å². The minimum atomic E-state index is -4.87. The van der Waals surface area contributed by atoms with E-state index in [-0.39, 0.29) is 27.3 Å². The first-order chi connectivity index (χ1) is 13.5. The van der Waals surface area contributed by atoms with Crippen LogP contribution >= 0.6 is 0 Å². The smallest absolute Gasteiger partial charge is 0.406 e. The van der Waals surface area contributed by atoms with Gasteiger partial charge in [-0.15, -0.1) is 13.2 Å². The molecule has 0 aliphatic rings. The van der Waals surface area contributed by atoms with Crippen LogP contribution in [0.25, 0.3) is 11.0 Å². The second-order valence-corrected chi connectivity index (χ2v) is 7.38. The summed E-state index contributed by atoms with van der Waals surface area (Å²) >= 11 is 0. The summed E-state index contributed by atoms with van der Waals surface area (Å²) < 4.78 is 68.1. The number of alkyl halides is 3. The molecule has 0 saturated carbocycles. The minimum absolute atomic E-state index is 0.0170. The number of rotatable bonds is 5. The summed E-state index contributed by atoms with van der Waals surface area (Å²) in [5.74, 6) is -0.511. The molecule has 0 bridgehead atoms. The van der Waals surface area contributed by atoms with Crippen LogP contribution in [-0.2, 0) is 10.0 Å². The van der Waals surface area contributed by atoms with E-state index in [1.165, 1.54) is 13.1 Å². The highest BCUT2D eigenvalue weighted by Crippen LogP contribution is 2.28. The molecule has 13 heteroatoms. The summed E-state index contributed by atoms with van der Waals surface area (Å²) in [5.41, 5.74) is -1.48. The van der Waals surface area contributed by atoms with Gasteiger partial charge in [0.25, 0.3) is 10.0 Å². The summed E-state index contributed by atoms with van der Waals surface area (Å²) in [6.45, 7) is 0. The number of benzene rings is 2. The Morgan fingerprint density at radius 2 is 1.52 bits per heavy atom. The Hall–Kier alpha value is -3.48. The van der Waals surface area contributed by atoms with Crippen molar-refractivity contribution in [2.75, 3.05) is 17.1 Å². The molecule has 29 heavy (non-hydrogen) atoms. The highest BCUT2D eigenvalue weighted by Gasteiger charge is 2.31. The molecule has 0 spiro atoms. The maximum Gasteiger partial charge on any atom is 0.573 e. The van der Waals surface area contributed by atoms with Gasteiger partial charge in [-0.3, -0.25) is 14.3 Å². The molecule has 0 radical (unpaired) electrons. The molecule has 0 fully saturated rings. The lowest BCUT2D eigenvalue weighted by atomic mass is 10.2. The van der Waals surface area contributed by atoms with Gasteiger partial charge in [-0.05, 0) is 36.4 Å². The third-order valence-electron chi connectivity index (χ3n) is 3.72. The summed E-state index contributed by atoms with van der Waals surface area (Å²) in [5, 5.41) is 2.67. The van der Waals surface area contributed by atoms with E-state index < -0.39 is 33.3 Å². The fourth-order valence-corrected chi connectivity index (χ4v) is 3.78. The van der Waals surface area contributed by atoms with Gasteiger partial charge in [-0.2, -0.15) is 0 Å². The zero-order chi connectivity index (χ0) is 21.4. The van der Waals surface area contributed by atoms with Gasteiger partial charge in [-0.1, -0.05) is 0 Å². The molecule has 0 aliphatic carbocycles. The van der Waals surface area contributed by atoms with Crippen LogP contribution < -0.4 is 25.9 Å². The molecule has 0 atom stereocenters. The first-order valence-electron chi connectivity index (χ1n) is 7.85. The summed E-state index contributed by atoms with van der Waals surface area (Å²) in [6, 6.07) is 6.56. The average Bonchev–Trinajstić information content (AvgIpc) is 2.62. The van der Waals surface area contributed by atoms with Crippen LogP contribution in [0.3, 0.4) is 0 Å². The molecule has 154 valence electrons. The molecule has 2 aromatic carbocycles. The molecule has 3 aromatic rings. The van der Waals surface area contributed by atoms with Crippen molar-refractivity contribution in [3.63, 3.8) is 0 Å². The minimum Gasteiger partial charge on any atom is -0.406 e. The second-order valence-electron chi connectivity index (χ2n) is 5.73. The third-order valence-corrected chi connectivity index (χ3v) is 5.14. The number of halogens is 3. The van der Waals surface area contributed by atoms with Crippen LogP contribution in [-0.4, -0.2) is 31.8 Å². The average molecular weight is 430 g/mol. The molecule has 1 aromatic heterocycles. The van der Waals surface area contributed by atoms with Gasteiger partial charge in [0.05, 0.1) is 16.7 Å². The van der Waals surface area contributed by atoms with Crippen LogP contribution in [0.2, 0.25) is 0 Å². The van der Waals surface area contributed by atoms with Gasteiger partial charge in [0.2, 0.25) is 0 Å². The molecule has 0 amide bonds. The number of aromatic amines is 2. The normalized spacial score (nSPS) is 12.0. The van der Waals surface area contributed by atoms with Crippen LogP contribution in [0, 0.1) is 0 Å². The van der Waals surface area contributed by atoms with Crippen molar-refractivity contribution < 1.29 is 26.3 Å². The van der Waals surface area contributed by atoms with Crippen LogP contribution in [0.15, 0.2) is 50.9 Å². The molecule has 0 saturated heterocycles. The number of sulfonamides is 1. The molecule has 0 unspecified atom stereocenters. The molecule has 4 N–H and O–H groups in total. The first-order valence-corrected chi connectivity index (χ1v) is 9.33. The van der Waals surface area contributed by atoms with E-state index in [2.05, 4.69) is 24.7 Å². The lowest BCUT2D eigenvalue weighted by Gasteiger charge is -2.14. The standard InChI is InChI=1S/C16H13F3N4O5S/c1-20-12-6-10-11(22-15(25)14(24)21-10)7-13(12)29(26,27)23-8-2-4-9(5-3-8)28-16(17,18)19/h2-7,20,23H,1H3,(H,21,24)(H,22,25). The van der Waals surface area contributed by atoms with E-state index in [0.717, 1.165) is 30.3 Å². The number of nitrogens with one attached hydrogen (secondary N) is 4. The fourth-order valence-electron chi connectivity index (χ4n) is 2.50. The SMILES string of the molecule is CNc1cc2[nH]c(=O)c(=O)[nH]c2cc1S(=O)(=O)Nc1ccc(OC(F)(F)F)cc1. The topological polar surface area (TPSA) is 133 Å². The Labute approximate surface area is 160 Å². The maximum absolute atomic E-state index is 12.8. The Bertz CT molecular complexity index is 1280. The third kappa shape index (κ3) is 4.51. The molecular weight excluding hydrogens is 417 g/mol. The number of hydrogen-bond donors (Lipinski definition) is 4. The van der Waals surface area contributed by atoms with Gasteiger partial charge in [0.1, 0.15) is 10.6 Å². The number of hydrogen-bond acceptors (Lipinski definition) is 6. The van der Waals surface area contributed by atoms with Crippen molar-refractivity contribution in [3.05, 3.63) is 57.1 Å². The van der Waals surface area contributed by atoms with Crippen LogP contribution in [0.1, 0.15) is 0 Å². The Kier molecular flexibility index (Phi) is 5.00. The molecular formula is C16H13F3N4O5S. The van der Waals surface area contributed by atoms with E-state index in [9.17, 15) is 31.2 Å². The highest BCUT2D eigenvalue weighted by molar-refractivity contribution is 7.92. The predicted molar refractivity (Wildman–Crippen MR) is 98.7 cm³/mol. The predicted octanol–water partition coefficient (Wildman–Crippen LogP) is 1.96. The maximum atomic E-state index is 12.8. The zero-order valence-electron chi connectivity index (χ0n) is 14.5. The van der Waals surface area contributed by atoms with E-state index in [4.69, 9.17) is 0 Å². The largest absolute Gasteiger partial charge is 0.573 e. The Morgan fingerprint density at radius 3 is 2.03 bits per heavy atom. The van der Waals surface area contributed by atoms with E-state index in [1.807, 2.05) is 0 Å². The van der Waals surface area contributed by atoms with Crippen molar-refractivity contribution >= 4 is 32.4 Å². The Balaban J connectivity index is 1.98. The summed E-state index contributed by atoms with van der Waals surface area (Å²) in [6.07, 6.45) is -4.87. The zero-order valence-corrected chi connectivity index (χ0v) is 15.4. The molecule has 9 nitrogen and oxygen atoms in total. The van der Waals surface area contributed by atoms with Crippen molar-refractivity contribution in [1.29, 1.82) is 0 Å². The number of fused-ring (bicyclic) bond motifs is 1. The first kappa shape index (κ1) is 20.3. The number of anilines is 2. The van der Waals surface area contributed by atoms with Crippen molar-refractivity contribution in [3.8, 4) is 5.75 Å². The number of aromatic nitrogens is 2.